The minimum absolute atomic E-state index is 0.153. The molecule has 1 fully saturated rings. The highest BCUT2D eigenvalue weighted by molar-refractivity contribution is 6.30. The third-order valence-electron chi connectivity index (χ3n) is 2.90. The van der Waals surface area contributed by atoms with Crippen molar-refractivity contribution in [1.82, 2.24) is 0 Å². The normalized spacial score (nSPS) is 20.3. The molecular formula is C11H10ClNO2. The number of nitrogens with zero attached hydrogens (tertiary/aromatic N) is 1. The number of anilines is 1. The van der Waals surface area contributed by atoms with Crippen LogP contribution in [0.1, 0.15) is 5.56 Å². The van der Waals surface area contributed by atoms with Crippen LogP contribution in [-0.2, 0) is 16.0 Å². The number of carbonyl (C=O) groups excluding carboxylic acids is 1. The smallest absolute Gasteiger partial charge is 0.231 e. The third kappa shape index (κ3) is 1.34. The lowest BCUT2D eigenvalue weighted by atomic mass is 10.1. The molecule has 3 nitrogen and oxygen atoms in total. The number of fused-ring (bicyclic) bond motifs is 1. The Labute approximate surface area is 92.6 Å². The Balaban J connectivity index is 2.01. The molecule has 4 heteroatoms. The van der Waals surface area contributed by atoms with Crippen molar-refractivity contribution in [2.24, 2.45) is 0 Å². The zero-order valence-electron chi connectivity index (χ0n) is 8.07. The number of hydrogen-bond donors (Lipinski definition) is 0. The Morgan fingerprint density at radius 2 is 2.20 bits per heavy atom. The Morgan fingerprint density at radius 3 is 2.87 bits per heavy atom. The van der Waals surface area contributed by atoms with E-state index in [9.17, 15) is 4.79 Å². The summed E-state index contributed by atoms with van der Waals surface area (Å²) in [4.78, 5) is 13.6. The molecule has 0 aliphatic carbocycles. The molecule has 1 amide bonds. The fourth-order valence-electron chi connectivity index (χ4n) is 2.09. The van der Waals surface area contributed by atoms with Gasteiger partial charge in [-0.15, -0.1) is 0 Å². The van der Waals surface area contributed by atoms with Crippen LogP contribution in [0.25, 0.3) is 0 Å². The van der Waals surface area contributed by atoms with Crippen molar-refractivity contribution >= 4 is 23.2 Å². The lowest BCUT2D eigenvalue weighted by molar-refractivity contribution is -0.119. The first-order valence-electron chi connectivity index (χ1n) is 4.94. The van der Waals surface area contributed by atoms with E-state index in [4.69, 9.17) is 16.3 Å². The molecule has 0 unspecified atom stereocenters. The second-order valence-corrected chi connectivity index (χ2v) is 4.34. The summed E-state index contributed by atoms with van der Waals surface area (Å²) >= 11 is 5.89. The zero-order valence-corrected chi connectivity index (χ0v) is 8.83. The molecule has 2 heterocycles. The molecule has 0 spiro atoms. The van der Waals surface area contributed by atoms with Crippen molar-refractivity contribution in [3.63, 3.8) is 0 Å². The Hall–Kier alpha value is -1.06. The number of halogens is 1. The second-order valence-electron chi connectivity index (χ2n) is 3.90. The summed E-state index contributed by atoms with van der Waals surface area (Å²) in [6, 6.07) is 5.83. The van der Waals surface area contributed by atoms with Crippen LogP contribution >= 0.6 is 11.6 Å². The Kier molecular flexibility index (Phi) is 1.97. The molecule has 0 aromatic heterocycles. The number of carbonyl (C=O) groups is 1. The average molecular weight is 224 g/mol. The van der Waals surface area contributed by atoms with Gasteiger partial charge in [0.15, 0.2) is 0 Å². The summed E-state index contributed by atoms with van der Waals surface area (Å²) in [5.41, 5.74) is 2.03. The Morgan fingerprint density at radius 1 is 1.40 bits per heavy atom. The summed E-state index contributed by atoms with van der Waals surface area (Å²) in [6.45, 7) is 1.29. The molecule has 0 saturated carbocycles. The molecule has 1 aromatic carbocycles. The van der Waals surface area contributed by atoms with Crippen LogP contribution in [0.2, 0.25) is 5.02 Å². The monoisotopic (exact) mass is 223 g/mol. The summed E-state index contributed by atoms with van der Waals surface area (Å²) < 4.78 is 5.11. The van der Waals surface area contributed by atoms with E-state index in [1.54, 1.807) is 0 Å². The van der Waals surface area contributed by atoms with Gasteiger partial charge in [-0.1, -0.05) is 11.6 Å². The quantitative estimate of drug-likeness (QED) is 0.724. The molecule has 15 heavy (non-hydrogen) atoms. The number of rotatable bonds is 1. The molecule has 78 valence electrons. The highest BCUT2D eigenvalue weighted by atomic mass is 35.5. The van der Waals surface area contributed by atoms with Crippen molar-refractivity contribution in [2.45, 2.75) is 12.5 Å². The maximum atomic E-state index is 11.8. The SMILES string of the molecule is O=C1Cc2cc(Cl)ccc2N1C1COC1. The number of ether oxygens (including phenoxy) is 1. The van der Waals surface area contributed by atoms with Crippen molar-refractivity contribution in [1.29, 1.82) is 0 Å². The highest BCUT2D eigenvalue weighted by Gasteiger charge is 2.36. The molecule has 0 N–H and O–H groups in total. The summed E-state index contributed by atoms with van der Waals surface area (Å²) in [5, 5.41) is 0.688. The van der Waals surface area contributed by atoms with Gasteiger partial charge in [-0.05, 0) is 23.8 Å². The zero-order chi connectivity index (χ0) is 10.4. The lowest BCUT2D eigenvalue weighted by Crippen LogP contribution is -2.50. The predicted octanol–water partition coefficient (Wildman–Crippen LogP) is 1.63. The lowest BCUT2D eigenvalue weighted by Gasteiger charge is -2.34. The first-order chi connectivity index (χ1) is 7.25. The fraction of sp³-hybridized carbons (Fsp3) is 0.364. The van der Waals surface area contributed by atoms with Gasteiger partial charge in [-0.3, -0.25) is 4.79 Å². The van der Waals surface area contributed by atoms with Gasteiger partial charge in [-0.2, -0.15) is 0 Å². The first-order valence-corrected chi connectivity index (χ1v) is 5.32. The van der Waals surface area contributed by atoms with Crippen LogP contribution in [0.5, 0.6) is 0 Å². The van der Waals surface area contributed by atoms with Gasteiger partial charge in [0.25, 0.3) is 0 Å². The van der Waals surface area contributed by atoms with E-state index >= 15 is 0 Å². The molecule has 3 rings (SSSR count). The average Bonchev–Trinajstić information content (AvgIpc) is 2.40. The van der Waals surface area contributed by atoms with Crippen LogP contribution < -0.4 is 4.90 Å². The van der Waals surface area contributed by atoms with E-state index in [2.05, 4.69) is 0 Å². The minimum atomic E-state index is 0.153. The van der Waals surface area contributed by atoms with Crippen LogP contribution in [0, 0.1) is 0 Å². The summed E-state index contributed by atoms with van der Waals surface area (Å²) in [6.07, 6.45) is 0.465. The summed E-state index contributed by atoms with van der Waals surface area (Å²) in [7, 11) is 0. The predicted molar refractivity (Wildman–Crippen MR) is 57.2 cm³/mol. The minimum Gasteiger partial charge on any atom is -0.377 e. The van der Waals surface area contributed by atoms with E-state index in [0.717, 1.165) is 11.3 Å². The van der Waals surface area contributed by atoms with Crippen molar-refractivity contribution in [3.8, 4) is 0 Å². The van der Waals surface area contributed by atoms with Gasteiger partial charge in [0, 0.05) is 10.7 Å². The standard InChI is InChI=1S/C11H10ClNO2/c12-8-1-2-10-7(3-8)4-11(14)13(10)9-5-15-6-9/h1-3,9H,4-6H2. The van der Waals surface area contributed by atoms with Crippen LogP contribution in [-0.4, -0.2) is 25.2 Å². The molecule has 1 saturated heterocycles. The van der Waals surface area contributed by atoms with E-state index in [0.29, 0.717) is 24.7 Å². The van der Waals surface area contributed by atoms with Gasteiger partial charge >= 0.3 is 0 Å². The van der Waals surface area contributed by atoms with Crippen molar-refractivity contribution in [3.05, 3.63) is 28.8 Å². The van der Waals surface area contributed by atoms with Gasteiger partial charge in [0.05, 0.1) is 25.7 Å². The van der Waals surface area contributed by atoms with E-state index in [-0.39, 0.29) is 11.9 Å². The van der Waals surface area contributed by atoms with Gasteiger partial charge in [0.2, 0.25) is 5.91 Å². The van der Waals surface area contributed by atoms with Crippen molar-refractivity contribution < 1.29 is 9.53 Å². The molecular weight excluding hydrogens is 214 g/mol. The van der Waals surface area contributed by atoms with E-state index < -0.39 is 0 Å². The summed E-state index contributed by atoms with van der Waals surface area (Å²) in [5.74, 6) is 0.153. The van der Waals surface area contributed by atoms with E-state index in [1.807, 2.05) is 23.1 Å². The maximum Gasteiger partial charge on any atom is 0.231 e. The molecule has 0 atom stereocenters. The molecule has 2 aliphatic rings. The van der Waals surface area contributed by atoms with E-state index in [1.165, 1.54) is 0 Å². The molecule has 0 bridgehead atoms. The van der Waals surface area contributed by atoms with Gasteiger partial charge in [0.1, 0.15) is 0 Å². The fourth-order valence-corrected chi connectivity index (χ4v) is 2.28. The maximum absolute atomic E-state index is 11.8. The van der Waals surface area contributed by atoms with Gasteiger partial charge < -0.3 is 9.64 Å². The third-order valence-corrected chi connectivity index (χ3v) is 3.13. The number of hydrogen-bond acceptors (Lipinski definition) is 2. The van der Waals surface area contributed by atoms with Crippen molar-refractivity contribution in [2.75, 3.05) is 18.1 Å². The first kappa shape index (κ1) is 9.19. The largest absolute Gasteiger partial charge is 0.377 e. The molecule has 0 radical (unpaired) electrons. The van der Waals surface area contributed by atoms with Crippen LogP contribution in [0.15, 0.2) is 18.2 Å². The number of benzene rings is 1. The van der Waals surface area contributed by atoms with Gasteiger partial charge in [-0.25, -0.2) is 0 Å². The van der Waals surface area contributed by atoms with Crippen LogP contribution in [0.4, 0.5) is 5.69 Å². The topological polar surface area (TPSA) is 29.5 Å². The molecule has 1 aromatic rings. The Bertz CT molecular complexity index is 429. The number of amides is 1. The molecule has 2 aliphatic heterocycles. The highest BCUT2D eigenvalue weighted by Crippen LogP contribution is 2.34. The second kappa shape index (κ2) is 3.22. The van der Waals surface area contributed by atoms with Crippen LogP contribution in [0.3, 0.4) is 0 Å².